The SMILES string of the molecule is CN(CCN1CCC(OC(=O)Nc2ccccc2-c2ccccc2)CC1)C(=O)CCCCCNCc1ccc(NC(=O)OCCCN(C)C(=O)CO[C@H]2Cc3ccccc3C23CCN(CC[C@]2(c4ccc(F)cc4)CN(C(=O)c4cc(C(F)(F)F)cc(C(F)(F)F)c4)CO2)CC3)cc1. The first-order chi connectivity index (χ1) is 47.0. The zero-order chi connectivity index (χ0) is 69.5. The number of halogens is 7. The summed E-state index contributed by atoms with van der Waals surface area (Å²) in [5.41, 5.74) is 1.33. The molecule has 24 heteroatoms. The molecule has 10 rings (SSSR count). The number of hydrogen-bond acceptors (Lipinski definition) is 12. The van der Waals surface area contributed by atoms with Gasteiger partial charge in [-0.2, -0.15) is 26.3 Å². The van der Waals surface area contributed by atoms with Crippen molar-refractivity contribution in [2.24, 2.45) is 0 Å². The van der Waals surface area contributed by atoms with Gasteiger partial charge in [-0.3, -0.25) is 25.0 Å². The molecule has 0 unspecified atom stereocenters. The smallest absolute Gasteiger partial charge is 0.416 e. The lowest BCUT2D eigenvalue weighted by atomic mass is 9.72. The van der Waals surface area contributed by atoms with Crippen LogP contribution in [0.1, 0.15) is 108 Å². The third-order valence-electron chi connectivity index (χ3n) is 19.3. The van der Waals surface area contributed by atoms with Crippen molar-refractivity contribution in [3.05, 3.63) is 190 Å². The molecule has 6 aromatic carbocycles. The topological polar surface area (TPSA) is 175 Å². The van der Waals surface area contributed by atoms with E-state index in [-0.39, 0.29) is 56.3 Å². The Balaban J connectivity index is 0.580. The molecule has 1 spiro atoms. The molecule has 3 fully saturated rings. The Morgan fingerprint density at radius 2 is 1.34 bits per heavy atom. The number of rotatable bonds is 27. The van der Waals surface area contributed by atoms with Crippen molar-refractivity contribution < 1.29 is 73.7 Å². The highest BCUT2D eigenvalue weighted by Crippen LogP contribution is 2.48. The number of carbonyl (C=O) groups is 5. The molecule has 3 N–H and O–H groups in total. The summed E-state index contributed by atoms with van der Waals surface area (Å²) >= 11 is 0. The fourth-order valence-electron chi connectivity index (χ4n) is 13.6. The van der Waals surface area contributed by atoms with Gasteiger partial charge in [0.05, 0.1) is 36.1 Å². The number of hydrogen-bond donors (Lipinski definition) is 3. The summed E-state index contributed by atoms with van der Waals surface area (Å²) in [4.78, 5) is 74.7. The van der Waals surface area contributed by atoms with Gasteiger partial charge in [-0.05, 0) is 154 Å². The standard InChI is InChI=1S/C74H85F7N8O9/c1-85(35-13-43-95-69(93)83-60-27-21-52(22-28-60)48-82-34-12-4-7-20-66(90)86(2)41-42-87-36-29-61(30-37-87)98-70(94)84-64-19-11-9-17-62(64)53-14-5-3-6-15-53)67(91)49-96-65-46-54-16-8-10-18-63(54)71(65)31-38-88(39-32-71)40-33-72(56-23-25-59(75)26-24-56)50-89(51-97-72)68(92)55-44-57(73(76,77)78)47-58(45-55)74(79,80)81/h3,5-6,8-11,14-19,21-28,44-45,47,61,65,82H,4,7,12-13,20,29-43,46,48-51H2,1-2H3,(H,83,93)(H,84,94)/t65-,72+/m0/s1. The highest BCUT2D eigenvalue weighted by Gasteiger charge is 2.50. The number of amides is 5. The molecule has 6 aromatic rings. The number of likely N-dealkylation sites (tertiary alicyclic amines) is 2. The van der Waals surface area contributed by atoms with Crippen molar-refractivity contribution in [1.82, 2.24) is 29.8 Å². The number of carbonyl (C=O) groups excluding carboxylic acids is 5. The van der Waals surface area contributed by atoms with Gasteiger partial charge in [-0.25, -0.2) is 14.0 Å². The number of benzene rings is 6. The van der Waals surface area contributed by atoms with Crippen LogP contribution >= 0.6 is 0 Å². The molecule has 524 valence electrons. The molecule has 1 aliphatic carbocycles. The fraction of sp³-hybridized carbons (Fsp3) is 0.446. The minimum atomic E-state index is -5.15. The number of nitrogens with zero attached hydrogens (tertiary/aromatic N) is 5. The van der Waals surface area contributed by atoms with E-state index in [4.69, 9.17) is 18.9 Å². The fourth-order valence-corrected chi connectivity index (χ4v) is 13.6. The van der Waals surface area contributed by atoms with E-state index in [1.807, 2.05) is 85.9 Å². The molecule has 2 atom stereocenters. The van der Waals surface area contributed by atoms with E-state index in [0.717, 1.165) is 91.0 Å². The van der Waals surface area contributed by atoms with Crippen LogP contribution < -0.4 is 16.0 Å². The van der Waals surface area contributed by atoms with E-state index in [1.54, 1.807) is 29.0 Å². The minimum Gasteiger partial charge on any atom is -0.449 e. The van der Waals surface area contributed by atoms with Crippen molar-refractivity contribution in [2.45, 2.75) is 113 Å². The van der Waals surface area contributed by atoms with Crippen molar-refractivity contribution in [3.63, 3.8) is 0 Å². The summed E-state index contributed by atoms with van der Waals surface area (Å²) in [7, 11) is 3.52. The number of ether oxygens (including phenoxy) is 4. The van der Waals surface area contributed by atoms with Crippen LogP contribution in [0.2, 0.25) is 0 Å². The Morgan fingerprint density at radius 1 is 0.673 bits per heavy atom. The van der Waals surface area contributed by atoms with Gasteiger partial charge in [0, 0.05) is 88.6 Å². The Labute approximate surface area is 566 Å². The molecule has 0 radical (unpaired) electrons. The summed E-state index contributed by atoms with van der Waals surface area (Å²) in [5.74, 6) is -1.72. The van der Waals surface area contributed by atoms with Gasteiger partial charge in [0.1, 0.15) is 30.9 Å². The molecule has 5 amide bonds. The van der Waals surface area contributed by atoms with Crippen LogP contribution in [-0.2, 0) is 64.9 Å². The second kappa shape index (κ2) is 33.0. The lowest BCUT2D eigenvalue weighted by molar-refractivity contribution is -0.143. The molecule has 17 nitrogen and oxygen atoms in total. The zero-order valence-corrected chi connectivity index (χ0v) is 55.2. The van der Waals surface area contributed by atoms with Gasteiger partial charge < -0.3 is 48.8 Å². The van der Waals surface area contributed by atoms with Crippen molar-refractivity contribution in [2.75, 3.05) is 110 Å². The molecule has 3 saturated heterocycles. The predicted octanol–water partition coefficient (Wildman–Crippen LogP) is 13.1. The maximum absolute atomic E-state index is 14.2. The van der Waals surface area contributed by atoms with Gasteiger partial charge in [-0.1, -0.05) is 103 Å². The van der Waals surface area contributed by atoms with Crippen LogP contribution in [0.25, 0.3) is 11.1 Å². The summed E-state index contributed by atoms with van der Waals surface area (Å²) < 4.78 is 121. The number of likely N-dealkylation sites (N-methyl/N-ethyl adjacent to an activating group) is 2. The van der Waals surface area contributed by atoms with Crippen molar-refractivity contribution in [3.8, 4) is 11.1 Å². The van der Waals surface area contributed by atoms with Crippen LogP contribution in [0.5, 0.6) is 0 Å². The Kier molecular flexibility index (Phi) is 24.3. The lowest BCUT2D eigenvalue weighted by Gasteiger charge is -2.44. The maximum atomic E-state index is 14.2. The van der Waals surface area contributed by atoms with E-state index in [2.05, 4.69) is 37.9 Å². The largest absolute Gasteiger partial charge is 0.449 e. The number of piperidine rings is 2. The summed E-state index contributed by atoms with van der Waals surface area (Å²) in [6.07, 6.45) is -4.70. The number of fused-ring (bicyclic) bond motifs is 2. The average molecular weight is 1360 g/mol. The van der Waals surface area contributed by atoms with Gasteiger partial charge in [0.25, 0.3) is 5.91 Å². The third kappa shape index (κ3) is 19.1. The first-order valence-electron chi connectivity index (χ1n) is 33.5. The molecule has 98 heavy (non-hydrogen) atoms. The third-order valence-corrected chi connectivity index (χ3v) is 19.3. The molecular formula is C74H85F7N8O9. The first kappa shape index (κ1) is 72.3. The van der Waals surface area contributed by atoms with Crippen molar-refractivity contribution in [1.29, 1.82) is 0 Å². The normalized spacial score (nSPS) is 18.1. The molecule has 3 aliphatic heterocycles. The first-order valence-corrected chi connectivity index (χ1v) is 33.5. The van der Waals surface area contributed by atoms with Crippen LogP contribution in [0.3, 0.4) is 0 Å². The molecule has 4 aliphatic rings. The minimum absolute atomic E-state index is 0.0315. The van der Waals surface area contributed by atoms with E-state index < -0.39 is 70.7 Å². The number of unbranched alkanes of at least 4 members (excludes halogenated alkanes) is 2. The summed E-state index contributed by atoms with van der Waals surface area (Å²) in [5, 5.41) is 9.13. The molecular weight excluding hydrogens is 1280 g/mol. The summed E-state index contributed by atoms with van der Waals surface area (Å²) in [6, 6.07) is 39.3. The number of nitrogens with one attached hydrogen (secondary N) is 3. The molecule has 0 bridgehead atoms. The molecule has 0 aromatic heterocycles. The average Bonchev–Trinajstić information content (AvgIpc) is 1.58. The number of alkyl halides is 6. The van der Waals surface area contributed by atoms with Gasteiger partial charge in [0.15, 0.2) is 0 Å². The number of para-hydroxylation sites is 1. The highest BCUT2D eigenvalue weighted by molar-refractivity contribution is 5.95. The van der Waals surface area contributed by atoms with Crippen LogP contribution in [-0.4, -0.2) is 166 Å². The van der Waals surface area contributed by atoms with Gasteiger partial charge in [-0.15, -0.1) is 0 Å². The maximum Gasteiger partial charge on any atom is 0.416 e. The summed E-state index contributed by atoms with van der Waals surface area (Å²) in [6.45, 7) is 5.58. The van der Waals surface area contributed by atoms with Crippen LogP contribution in [0, 0.1) is 5.82 Å². The lowest BCUT2D eigenvalue weighted by Crippen LogP contribution is -2.50. The zero-order valence-electron chi connectivity index (χ0n) is 55.2. The quantitative estimate of drug-likeness (QED) is 0.0329. The Bertz CT molecular complexity index is 3630. The van der Waals surface area contributed by atoms with Crippen molar-refractivity contribution >= 4 is 41.3 Å². The van der Waals surface area contributed by atoms with E-state index in [0.29, 0.717) is 100 Å². The second-order valence-electron chi connectivity index (χ2n) is 25.9. The molecule has 0 saturated carbocycles. The predicted molar refractivity (Wildman–Crippen MR) is 356 cm³/mol. The van der Waals surface area contributed by atoms with E-state index >= 15 is 0 Å². The number of anilines is 2. The van der Waals surface area contributed by atoms with Gasteiger partial charge >= 0.3 is 24.5 Å². The van der Waals surface area contributed by atoms with E-state index in [1.165, 1.54) is 24.3 Å². The van der Waals surface area contributed by atoms with Gasteiger partial charge in [0.2, 0.25) is 11.8 Å². The highest BCUT2D eigenvalue weighted by atomic mass is 19.4. The molecule has 3 heterocycles. The van der Waals surface area contributed by atoms with E-state index in [9.17, 15) is 54.7 Å². The Morgan fingerprint density at radius 3 is 2.05 bits per heavy atom. The second-order valence-corrected chi connectivity index (χ2v) is 25.9. The Hall–Kier alpha value is -8.42. The monoisotopic (exact) mass is 1360 g/mol. The van der Waals surface area contributed by atoms with Crippen LogP contribution in [0.4, 0.5) is 51.7 Å². The van der Waals surface area contributed by atoms with Crippen LogP contribution in [0.15, 0.2) is 146 Å².